The average Bonchev–Trinajstić information content (AvgIpc) is 2.46. The van der Waals surface area contributed by atoms with Gasteiger partial charge in [-0.3, -0.25) is 4.79 Å². The molecule has 1 unspecified atom stereocenters. The topological polar surface area (TPSA) is 41.1 Å². The van der Waals surface area contributed by atoms with Crippen molar-refractivity contribution in [2.24, 2.45) is 0 Å². The number of carbonyl (C=O) groups is 1. The Morgan fingerprint density at radius 3 is 2.62 bits per heavy atom. The lowest BCUT2D eigenvalue weighted by Crippen LogP contribution is -2.40. The molecule has 1 saturated heterocycles. The van der Waals surface area contributed by atoms with Gasteiger partial charge < -0.3 is 10.6 Å². The highest BCUT2D eigenvalue weighted by atomic mass is 35.5. The second-order valence-corrected chi connectivity index (χ2v) is 4.91. The van der Waals surface area contributed by atoms with Gasteiger partial charge in [-0.15, -0.1) is 0 Å². The van der Waals surface area contributed by atoms with E-state index in [2.05, 4.69) is 10.6 Å². The summed E-state index contributed by atoms with van der Waals surface area (Å²) in [4.78, 5) is 11.8. The first-order valence-electron chi connectivity index (χ1n) is 4.52. The van der Waals surface area contributed by atoms with Crippen molar-refractivity contribution in [3.8, 4) is 0 Å². The van der Waals surface area contributed by atoms with Crippen LogP contribution in [0, 0.1) is 0 Å². The third kappa shape index (κ3) is 1.77. The first-order valence-corrected chi connectivity index (χ1v) is 5.69. The summed E-state index contributed by atoms with van der Waals surface area (Å²) in [6, 6.07) is 4.98. The Morgan fingerprint density at radius 2 is 2.06 bits per heavy atom. The number of hydrogen-bond donors (Lipinski definition) is 2. The van der Waals surface area contributed by atoms with E-state index >= 15 is 0 Å². The zero-order valence-corrected chi connectivity index (χ0v) is 10.6. The van der Waals surface area contributed by atoms with Crippen molar-refractivity contribution in [1.82, 2.24) is 10.6 Å². The Hall–Kier alpha value is -0.840. The molecule has 1 aromatic rings. The van der Waals surface area contributed by atoms with Gasteiger partial charge in [-0.25, -0.2) is 0 Å². The molecule has 1 amide bonds. The molecule has 1 aromatic carbocycles. The zero-order valence-electron chi connectivity index (χ0n) is 8.30. The van der Waals surface area contributed by atoms with E-state index in [1.54, 1.807) is 25.1 Å². The molecule has 0 aromatic heterocycles. The van der Waals surface area contributed by atoms with Crippen LogP contribution in [-0.4, -0.2) is 11.0 Å². The number of nitrogens with one attached hydrogen (secondary N) is 2. The van der Waals surface area contributed by atoms with E-state index in [9.17, 15) is 4.79 Å². The van der Waals surface area contributed by atoms with Crippen LogP contribution in [0.25, 0.3) is 0 Å². The lowest BCUT2D eigenvalue weighted by molar-refractivity contribution is -0.123. The third-order valence-electron chi connectivity index (χ3n) is 2.51. The molecule has 0 saturated carbocycles. The van der Waals surface area contributed by atoms with Crippen LogP contribution in [0.15, 0.2) is 18.2 Å². The Kier molecular flexibility index (Phi) is 2.82. The second-order valence-electron chi connectivity index (χ2n) is 3.66. The molecule has 0 bridgehead atoms. The largest absolute Gasteiger partial charge is 0.345 e. The highest BCUT2D eigenvalue weighted by molar-refractivity contribution is 7.80. The van der Waals surface area contributed by atoms with Crippen LogP contribution >= 0.6 is 35.4 Å². The molecule has 0 aliphatic carbocycles. The number of thiocarbonyl (C=S) groups is 1. The van der Waals surface area contributed by atoms with Crippen molar-refractivity contribution in [3.05, 3.63) is 33.8 Å². The predicted molar refractivity (Wildman–Crippen MR) is 67.7 cm³/mol. The molecule has 0 radical (unpaired) electrons. The van der Waals surface area contributed by atoms with Gasteiger partial charge in [0.1, 0.15) is 5.54 Å². The lowest BCUT2D eigenvalue weighted by Gasteiger charge is -2.23. The molecule has 2 rings (SSSR count). The molecule has 0 spiro atoms. The summed E-state index contributed by atoms with van der Waals surface area (Å²) in [6.07, 6.45) is 0. The number of benzene rings is 1. The number of hydrogen-bond acceptors (Lipinski definition) is 2. The molecule has 3 nitrogen and oxygen atoms in total. The van der Waals surface area contributed by atoms with Gasteiger partial charge in [0.05, 0.1) is 0 Å². The molecule has 16 heavy (non-hydrogen) atoms. The summed E-state index contributed by atoms with van der Waals surface area (Å²) in [5, 5.41) is 6.71. The van der Waals surface area contributed by atoms with Crippen molar-refractivity contribution in [3.63, 3.8) is 0 Å². The van der Waals surface area contributed by atoms with Crippen LogP contribution < -0.4 is 10.6 Å². The van der Waals surface area contributed by atoms with Crippen LogP contribution in [-0.2, 0) is 10.3 Å². The van der Waals surface area contributed by atoms with Crippen LogP contribution in [0.3, 0.4) is 0 Å². The number of rotatable bonds is 1. The second kappa shape index (κ2) is 3.87. The molecule has 1 heterocycles. The molecule has 6 heteroatoms. The average molecular weight is 275 g/mol. The van der Waals surface area contributed by atoms with Gasteiger partial charge >= 0.3 is 0 Å². The Bertz CT molecular complexity index is 492. The van der Waals surface area contributed by atoms with E-state index in [0.29, 0.717) is 20.7 Å². The first-order chi connectivity index (χ1) is 7.43. The maximum absolute atomic E-state index is 11.8. The maximum Gasteiger partial charge on any atom is 0.256 e. The van der Waals surface area contributed by atoms with Crippen molar-refractivity contribution in [1.29, 1.82) is 0 Å². The predicted octanol–water partition coefficient (Wildman–Crippen LogP) is 2.21. The van der Waals surface area contributed by atoms with Gasteiger partial charge in [0.25, 0.3) is 5.91 Å². The smallest absolute Gasteiger partial charge is 0.256 e. The monoisotopic (exact) mass is 274 g/mol. The van der Waals surface area contributed by atoms with E-state index in [4.69, 9.17) is 35.4 Å². The fraction of sp³-hybridized carbons (Fsp3) is 0.200. The van der Waals surface area contributed by atoms with Crippen molar-refractivity contribution in [2.75, 3.05) is 0 Å². The maximum atomic E-state index is 11.8. The molecular formula is C10H8Cl2N2OS. The van der Waals surface area contributed by atoms with E-state index in [1.165, 1.54) is 0 Å². The summed E-state index contributed by atoms with van der Waals surface area (Å²) < 4.78 is 0. The SMILES string of the molecule is CC1(c2cc(Cl)ccc2Cl)NC(=S)NC1=O. The molecule has 1 fully saturated rings. The lowest BCUT2D eigenvalue weighted by atomic mass is 9.92. The van der Waals surface area contributed by atoms with Gasteiger partial charge in [0.15, 0.2) is 5.11 Å². The Balaban J connectivity index is 2.55. The van der Waals surface area contributed by atoms with Crippen LogP contribution in [0.1, 0.15) is 12.5 Å². The molecule has 2 N–H and O–H groups in total. The van der Waals surface area contributed by atoms with Gasteiger partial charge in [-0.1, -0.05) is 23.2 Å². The minimum Gasteiger partial charge on any atom is -0.345 e. The van der Waals surface area contributed by atoms with Crippen molar-refractivity contribution in [2.45, 2.75) is 12.5 Å². The van der Waals surface area contributed by atoms with Crippen LogP contribution in [0.5, 0.6) is 0 Å². The number of amides is 1. The fourth-order valence-corrected chi connectivity index (χ4v) is 2.39. The van der Waals surface area contributed by atoms with Crippen LogP contribution in [0.2, 0.25) is 10.0 Å². The summed E-state index contributed by atoms with van der Waals surface area (Å²) in [7, 11) is 0. The summed E-state index contributed by atoms with van der Waals surface area (Å²) in [6.45, 7) is 1.71. The zero-order chi connectivity index (χ0) is 11.9. The highest BCUT2D eigenvalue weighted by Crippen LogP contribution is 2.32. The molecule has 84 valence electrons. The van der Waals surface area contributed by atoms with Gasteiger partial charge in [-0.2, -0.15) is 0 Å². The Morgan fingerprint density at radius 1 is 1.38 bits per heavy atom. The van der Waals surface area contributed by atoms with E-state index in [-0.39, 0.29) is 5.91 Å². The third-order valence-corrected chi connectivity index (χ3v) is 3.28. The van der Waals surface area contributed by atoms with Crippen molar-refractivity contribution >= 4 is 46.4 Å². The quantitative estimate of drug-likeness (QED) is 0.772. The number of halogens is 2. The fourth-order valence-electron chi connectivity index (χ4n) is 1.61. The first kappa shape index (κ1) is 11.6. The number of carbonyl (C=O) groups excluding carboxylic acids is 1. The molecule has 1 atom stereocenters. The van der Waals surface area contributed by atoms with Crippen molar-refractivity contribution < 1.29 is 4.79 Å². The van der Waals surface area contributed by atoms with Gasteiger partial charge in [0.2, 0.25) is 0 Å². The highest BCUT2D eigenvalue weighted by Gasteiger charge is 2.43. The standard InChI is InChI=1S/C10H8Cl2N2OS/c1-10(8(15)13-9(16)14-10)6-4-5(11)2-3-7(6)12/h2-4H,1H3,(H2,13,14,15,16). The normalized spacial score (nSPS) is 24.2. The molecular weight excluding hydrogens is 267 g/mol. The molecule has 1 aliphatic heterocycles. The molecule has 1 aliphatic rings. The van der Waals surface area contributed by atoms with E-state index in [1.807, 2.05) is 0 Å². The summed E-state index contributed by atoms with van der Waals surface area (Å²) in [5.74, 6) is -0.235. The van der Waals surface area contributed by atoms with E-state index in [0.717, 1.165) is 0 Å². The minimum absolute atomic E-state index is 0.235. The van der Waals surface area contributed by atoms with Gasteiger partial charge in [0, 0.05) is 15.6 Å². The summed E-state index contributed by atoms with van der Waals surface area (Å²) >= 11 is 16.8. The summed E-state index contributed by atoms with van der Waals surface area (Å²) in [5.41, 5.74) is -0.349. The van der Waals surface area contributed by atoms with Crippen LogP contribution in [0.4, 0.5) is 0 Å². The van der Waals surface area contributed by atoms with E-state index < -0.39 is 5.54 Å². The Labute approximate surface area is 108 Å². The van der Waals surface area contributed by atoms with Gasteiger partial charge in [-0.05, 0) is 37.3 Å². The minimum atomic E-state index is -0.959.